The first kappa shape index (κ1) is 14.0. The number of nitrogens with one attached hydrogen (secondary N) is 1. The smallest absolute Gasteiger partial charge is 0.308 e. The molecule has 0 aliphatic heterocycles. The van der Waals surface area contributed by atoms with E-state index in [1.165, 1.54) is 0 Å². The molecule has 1 fully saturated rings. The monoisotopic (exact) mass is 241 g/mol. The lowest BCUT2D eigenvalue weighted by Crippen LogP contribution is -2.41. The van der Waals surface area contributed by atoms with Gasteiger partial charge in [0.1, 0.15) is 0 Å². The molecule has 1 amide bonds. The molecule has 0 aromatic heterocycles. The van der Waals surface area contributed by atoms with Crippen LogP contribution in [0.2, 0.25) is 0 Å². The van der Waals surface area contributed by atoms with Crippen molar-refractivity contribution in [2.75, 3.05) is 6.54 Å². The molecule has 0 heterocycles. The fraction of sp³-hybridized carbons (Fsp3) is 0.846. The predicted molar refractivity (Wildman–Crippen MR) is 65.6 cm³/mol. The molecule has 1 unspecified atom stereocenters. The SMILES string of the molecule is CCCC(CNC(=O)C1(C)CCCC1)C(=O)O. The minimum atomic E-state index is -0.816. The van der Waals surface area contributed by atoms with Crippen molar-refractivity contribution in [1.29, 1.82) is 0 Å². The third kappa shape index (κ3) is 3.72. The van der Waals surface area contributed by atoms with Crippen LogP contribution in [0.25, 0.3) is 0 Å². The van der Waals surface area contributed by atoms with Crippen molar-refractivity contribution in [3.63, 3.8) is 0 Å². The standard InChI is InChI=1S/C13H23NO3/c1-3-6-10(11(15)16)9-14-12(17)13(2)7-4-5-8-13/h10H,3-9H2,1-2H3,(H,14,17)(H,15,16). The van der Waals surface area contributed by atoms with Crippen LogP contribution in [0.1, 0.15) is 52.4 Å². The summed E-state index contributed by atoms with van der Waals surface area (Å²) in [5, 5.41) is 11.8. The molecular formula is C13H23NO3. The van der Waals surface area contributed by atoms with E-state index in [9.17, 15) is 9.59 Å². The van der Waals surface area contributed by atoms with Crippen LogP contribution in [0.3, 0.4) is 0 Å². The molecular weight excluding hydrogens is 218 g/mol. The lowest BCUT2D eigenvalue weighted by atomic mass is 9.87. The molecule has 0 aromatic rings. The Morgan fingerprint density at radius 3 is 2.41 bits per heavy atom. The Balaban J connectivity index is 2.43. The van der Waals surface area contributed by atoms with Crippen molar-refractivity contribution in [1.82, 2.24) is 5.32 Å². The zero-order chi connectivity index (χ0) is 12.9. The van der Waals surface area contributed by atoms with Gasteiger partial charge in [-0.2, -0.15) is 0 Å². The van der Waals surface area contributed by atoms with E-state index in [0.29, 0.717) is 6.42 Å². The van der Waals surface area contributed by atoms with E-state index in [1.54, 1.807) is 0 Å². The van der Waals surface area contributed by atoms with Gasteiger partial charge in [0, 0.05) is 12.0 Å². The Kier molecular flexibility index (Phi) is 4.97. The van der Waals surface area contributed by atoms with Crippen molar-refractivity contribution in [3.05, 3.63) is 0 Å². The Hall–Kier alpha value is -1.06. The van der Waals surface area contributed by atoms with Gasteiger partial charge in [-0.25, -0.2) is 0 Å². The van der Waals surface area contributed by atoms with Gasteiger partial charge in [-0.15, -0.1) is 0 Å². The molecule has 17 heavy (non-hydrogen) atoms. The summed E-state index contributed by atoms with van der Waals surface area (Å²) in [5.41, 5.74) is -0.269. The summed E-state index contributed by atoms with van der Waals surface area (Å²) in [7, 11) is 0. The number of carbonyl (C=O) groups is 2. The number of carboxylic acids is 1. The summed E-state index contributed by atoms with van der Waals surface area (Å²) in [6.45, 7) is 4.19. The molecule has 4 heteroatoms. The van der Waals surface area contributed by atoms with Gasteiger partial charge >= 0.3 is 5.97 Å². The number of rotatable bonds is 6. The minimum Gasteiger partial charge on any atom is -0.481 e. The number of carbonyl (C=O) groups excluding carboxylic acids is 1. The lowest BCUT2D eigenvalue weighted by Gasteiger charge is -2.23. The van der Waals surface area contributed by atoms with Crippen LogP contribution in [0.15, 0.2) is 0 Å². The molecule has 4 nitrogen and oxygen atoms in total. The van der Waals surface area contributed by atoms with E-state index in [4.69, 9.17) is 5.11 Å². The minimum absolute atomic E-state index is 0.0253. The Morgan fingerprint density at radius 1 is 1.35 bits per heavy atom. The van der Waals surface area contributed by atoms with Crippen LogP contribution < -0.4 is 5.32 Å². The second-order valence-electron chi connectivity index (χ2n) is 5.30. The van der Waals surface area contributed by atoms with Gasteiger partial charge < -0.3 is 10.4 Å². The van der Waals surface area contributed by atoms with Crippen molar-refractivity contribution in [2.45, 2.75) is 52.4 Å². The number of hydrogen-bond donors (Lipinski definition) is 2. The molecule has 2 N–H and O–H groups in total. The Labute approximate surface area is 103 Å². The molecule has 1 atom stereocenters. The van der Waals surface area contributed by atoms with Crippen molar-refractivity contribution in [3.8, 4) is 0 Å². The first-order chi connectivity index (χ1) is 7.99. The van der Waals surface area contributed by atoms with Gasteiger partial charge in [-0.05, 0) is 19.3 Å². The summed E-state index contributed by atoms with van der Waals surface area (Å²) in [6, 6.07) is 0. The molecule has 98 valence electrons. The van der Waals surface area contributed by atoms with E-state index in [1.807, 2.05) is 13.8 Å². The third-order valence-corrected chi connectivity index (χ3v) is 3.75. The van der Waals surface area contributed by atoms with Crippen LogP contribution in [0.4, 0.5) is 0 Å². The number of carboxylic acid groups (broad SMARTS) is 1. The molecule has 0 aromatic carbocycles. The number of hydrogen-bond acceptors (Lipinski definition) is 2. The predicted octanol–water partition coefficient (Wildman–Crippen LogP) is 2.18. The van der Waals surface area contributed by atoms with Crippen molar-refractivity contribution >= 4 is 11.9 Å². The maximum atomic E-state index is 12.0. The molecule has 0 saturated heterocycles. The molecule has 0 radical (unpaired) electrons. The van der Waals surface area contributed by atoms with Crippen LogP contribution in [-0.4, -0.2) is 23.5 Å². The summed E-state index contributed by atoms with van der Waals surface area (Å²) >= 11 is 0. The van der Waals surface area contributed by atoms with Crippen LogP contribution in [-0.2, 0) is 9.59 Å². The van der Waals surface area contributed by atoms with Gasteiger partial charge in [0.25, 0.3) is 0 Å². The third-order valence-electron chi connectivity index (χ3n) is 3.75. The first-order valence-corrected chi connectivity index (χ1v) is 6.50. The van der Waals surface area contributed by atoms with Gasteiger partial charge in [-0.3, -0.25) is 9.59 Å². The van der Waals surface area contributed by atoms with Gasteiger partial charge in [0.2, 0.25) is 5.91 Å². The van der Waals surface area contributed by atoms with Gasteiger partial charge in [0.15, 0.2) is 0 Å². The Bertz CT molecular complexity index is 282. The molecule has 1 rings (SSSR count). The maximum Gasteiger partial charge on any atom is 0.308 e. The summed E-state index contributed by atoms with van der Waals surface area (Å²) in [6.07, 6.45) is 5.48. The highest BCUT2D eigenvalue weighted by Crippen LogP contribution is 2.37. The zero-order valence-electron chi connectivity index (χ0n) is 10.8. The summed E-state index contributed by atoms with van der Waals surface area (Å²) in [4.78, 5) is 22.9. The highest BCUT2D eigenvalue weighted by atomic mass is 16.4. The number of aliphatic carboxylic acids is 1. The first-order valence-electron chi connectivity index (χ1n) is 6.50. The molecule has 0 bridgehead atoms. The van der Waals surface area contributed by atoms with Crippen molar-refractivity contribution in [2.24, 2.45) is 11.3 Å². The van der Waals surface area contributed by atoms with Crippen LogP contribution in [0.5, 0.6) is 0 Å². The molecule has 1 aliphatic rings. The van der Waals surface area contributed by atoms with Crippen molar-refractivity contribution < 1.29 is 14.7 Å². The molecule has 1 saturated carbocycles. The van der Waals surface area contributed by atoms with E-state index >= 15 is 0 Å². The highest BCUT2D eigenvalue weighted by Gasteiger charge is 2.36. The van der Waals surface area contributed by atoms with Crippen LogP contribution in [0, 0.1) is 11.3 Å². The highest BCUT2D eigenvalue weighted by molar-refractivity contribution is 5.83. The summed E-state index contributed by atoms with van der Waals surface area (Å²) in [5.74, 6) is -1.24. The zero-order valence-corrected chi connectivity index (χ0v) is 10.8. The fourth-order valence-electron chi connectivity index (χ4n) is 2.47. The van der Waals surface area contributed by atoms with E-state index in [2.05, 4.69) is 5.32 Å². The quantitative estimate of drug-likeness (QED) is 0.749. The largest absolute Gasteiger partial charge is 0.481 e. The normalized spacial score (nSPS) is 19.9. The Morgan fingerprint density at radius 2 is 1.94 bits per heavy atom. The molecule has 1 aliphatic carbocycles. The fourth-order valence-corrected chi connectivity index (χ4v) is 2.47. The lowest BCUT2D eigenvalue weighted by molar-refractivity contribution is -0.142. The topological polar surface area (TPSA) is 66.4 Å². The average Bonchev–Trinajstić information content (AvgIpc) is 2.71. The van der Waals surface area contributed by atoms with E-state index in [-0.39, 0.29) is 17.9 Å². The maximum absolute atomic E-state index is 12.0. The van der Waals surface area contributed by atoms with Gasteiger partial charge in [-0.1, -0.05) is 33.1 Å². The van der Waals surface area contributed by atoms with Gasteiger partial charge in [0.05, 0.1) is 5.92 Å². The van der Waals surface area contributed by atoms with Crippen LogP contribution >= 0.6 is 0 Å². The second-order valence-corrected chi connectivity index (χ2v) is 5.30. The molecule has 0 spiro atoms. The average molecular weight is 241 g/mol. The van der Waals surface area contributed by atoms with E-state index < -0.39 is 11.9 Å². The van der Waals surface area contributed by atoms with E-state index in [0.717, 1.165) is 32.1 Å². The number of amides is 1. The second kappa shape index (κ2) is 6.03. The summed E-state index contributed by atoms with van der Waals surface area (Å²) < 4.78 is 0.